The lowest BCUT2D eigenvalue weighted by Crippen LogP contribution is -1.96. The Bertz CT molecular complexity index is 671. The van der Waals surface area contributed by atoms with E-state index in [4.69, 9.17) is 4.74 Å². The molecule has 0 N–H and O–H groups in total. The fourth-order valence-corrected chi connectivity index (χ4v) is 2.14. The fourth-order valence-electron chi connectivity index (χ4n) is 1.63. The van der Waals surface area contributed by atoms with Crippen molar-refractivity contribution >= 4 is 22.0 Å². The number of benzene rings is 2. The molecule has 0 amide bonds. The van der Waals surface area contributed by atoms with Gasteiger partial charge in [0.15, 0.2) is 0 Å². The molecule has 21 heavy (non-hydrogen) atoms. The number of nitro groups is 1. The molecule has 0 aliphatic carbocycles. The van der Waals surface area contributed by atoms with Crippen LogP contribution in [0.1, 0.15) is 11.1 Å². The van der Waals surface area contributed by atoms with Crippen LogP contribution in [-0.4, -0.2) is 4.92 Å². The van der Waals surface area contributed by atoms with E-state index in [1.807, 2.05) is 0 Å². The highest BCUT2D eigenvalue weighted by Crippen LogP contribution is 2.27. The van der Waals surface area contributed by atoms with Gasteiger partial charge in [-0.3, -0.25) is 10.1 Å². The molecule has 0 spiro atoms. The summed E-state index contributed by atoms with van der Waals surface area (Å²) in [7, 11) is 0. The zero-order valence-electron chi connectivity index (χ0n) is 10.8. The first kappa shape index (κ1) is 15.2. The molecule has 0 bridgehead atoms. The van der Waals surface area contributed by atoms with E-state index in [0.29, 0.717) is 22.4 Å². The van der Waals surface area contributed by atoms with Crippen molar-refractivity contribution in [2.45, 2.75) is 6.61 Å². The molecule has 0 heterocycles. The van der Waals surface area contributed by atoms with Gasteiger partial charge in [-0.15, -0.1) is 0 Å². The highest BCUT2D eigenvalue weighted by molar-refractivity contribution is 9.10. The Kier molecular flexibility index (Phi) is 5.05. The van der Waals surface area contributed by atoms with E-state index < -0.39 is 4.92 Å². The van der Waals surface area contributed by atoms with E-state index in [1.165, 1.54) is 18.2 Å². The predicted molar refractivity (Wildman–Crippen MR) is 80.9 cm³/mol. The molecule has 108 valence electrons. The SMILES string of the molecule is O=[N+]([O-])/C=C/c1ccc(OCc2ccc(F)cc2)c(Br)c1. The monoisotopic (exact) mass is 351 g/mol. The zero-order chi connectivity index (χ0) is 15.2. The fraction of sp³-hybridized carbons (Fsp3) is 0.0667. The average molecular weight is 352 g/mol. The minimum atomic E-state index is -0.521. The van der Waals surface area contributed by atoms with Crippen molar-refractivity contribution in [3.8, 4) is 5.75 Å². The minimum Gasteiger partial charge on any atom is -0.488 e. The standard InChI is InChI=1S/C15H11BrFNO3/c16-14-9-11(7-8-18(19)20)3-6-15(14)21-10-12-1-4-13(17)5-2-12/h1-9H,10H2/b8-7+. The molecule has 0 atom stereocenters. The number of hydrogen-bond donors (Lipinski definition) is 0. The van der Waals surface area contributed by atoms with Gasteiger partial charge < -0.3 is 4.74 Å². The van der Waals surface area contributed by atoms with Crippen molar-refractivity contribution in [3.05, 3.63) is 80.2 Å². The lowest BCUT2D eigenvalue weighted by atomic mass is 10.2. The summed E-state index contributed by atoms with van der Waals surface area (Å²) in [5.41, 5.74) is 1.54. The van der Waals surface area contributed by atoms with Crippen LogP contribution in [-0.2, 0) is 6.61 Å². The Morgan fingerprint density at radius 3 is 2.57 bits per heavy atom. The van der Waals surface area contributed by atoms with Gasteiger partial charge in [0, 0.05) is 6.08 Å². The Hall–Kier alpha value is -2.21. The summed E-state index contributed by atoms with van der Waals surface area (Å²) in [6.07, 6.45) is 2.27. The summed E-state index contributed by atoms with van der Waals surface area (Å²) in [5.74, 6) is 0.319. The number of hydrogen-bond acceptors (Lipinski definition) is 3. The maximum Gasteiger partial charge on any atom is 0.235 e. The quantitative estimate of drug-likeness (QED) is 0.592. The topological polar surface area (TPSA) is 52.4 Å². The second kappa shape index (κ2) is 6.99. The Morgan fingerprint density at radius 1 is 1.24 bits per heavy atom. The van der Waals surface area contributed by atoms with Gasteiger partial charge >= 0.3 is 0 Å². The van der Waals surface area contributed by atoms with Gasteiger partial charge in [0.05, 0.1) is 9.40 Å². The summed E-state index contributed by atoms with van der Waals surface area (Å²) in [5, 5.41) is 10.3. The Morgan fingerprint density at radius 2 is 1.95 bits per heavy atom. The summed E-state index contributed by atoms with van der Waals surface area (Å²) < 4.78 is 19.1. The van der Waals surface area contributed by atoms with E-state index in [1.54, 1.807) is 30.3 Å². The molecule has 0 saturated heterocycles. The third kappa shape index (κ3) is 4.68. The summed E-state index contributed by atoms with van der Waals surface area (Å²) in [6, 6.07) is 11.2. The molecule has 2 rings (SSSR count). The van der Waals surface area contributed by atoms with E-state index in [9.17, 15) is 14.5 Å². The van der Waals surface area contributed by atoms with Gasteiger partial charge in [0.1, 0.15) is 18.2 Å². The largest absolute Gasteiger partial charge is 0.488 e. The van der Waals surface area contributed by atoms with Crippen LogP contribution < -0.4 is 4.74 Å². The van der Waals surface area contributed by atoms with Crippen LogP contribution in [0.2, 0.25) is 0 Å². The lowest BCUT2D eigenvalue weighted by molar-refractivity contribution is -0.400. The number of ether oxygens (including phenoxy) is 1. The second-order valence-electron chi connectivity index (χ2n) is 4.21. The van der Waals surface area contributed by atoms with Crippen LogP contribution >= 0.6 is 15.9 Å². The third-order valence-corrected chi connectivity index (χ3v) is 3.27. The van der Waals surface area contributed by atoms with E-state index in [-0.39, 0.29) is 5.82 Å². The third-order valence-electron chi connectivity index (χ3n) is 2.65. The van der Waals surface area contributed by atoms with Crippen LogP contribution in [0.4, 0.5) is 4.39 Å². The van der Waals surface area contributed by atoms with Gasteiger partial charge in [0.2, 0.25) is 6.20 Å². The first-order valence-electron chi connectivity index (χ1n) is 6.03. The van der Waals surface area contributed by atoms with Crippen molar-refractivity contribution in [2.24, 2.45) is 0 Å². The smallest absolute Gasteiger partial charge is 0.235 e. The van der Waals surface area contributed by atoms with Crippen LogP contribution in [0.25, 0.3) is 6.08 Å². The molecule has 0 saturated carbocycles. The van der Waals surface area contributed by atoms with Gasteiger partial charge in [-0.1, -0.05) is 18.2 Å². The highest BCUT2D eigenvalue weighted by Gasteiger charge is 2.03. The normalized spacial score (nSPS) is 10.8. The molecule has 0 unspecified atom stereocenters. The van der Waals surface area contributed by atoms with Crippen LogP contribution in [0, 0.1) is 15.9 Å². The molecule has 4 nitrogen and oxygen atoms in total. The van der Waals surface area contributed by atoms with Crippen LogP contribution in [0.3, 0.4) is 0 Å². The maximum atomic E-state index is 12.8. The van der Waals surface area contributed by atoms with E-state index >= 15 is 0 Å². The zero-order valence-corrected chi connectivity index (χ0v) is 12.4. The maximum absolute atomic E-state index is 12.8. The van der Waals surface area contributed by atoms with Crippen LogP contribution in [0.15, 0.2) is 53.1 Å². The number of rotatable bonds is 5. The molecule has 6 heteroatoms. The van der Waals surface area contributed by atoms with E-state index in [2.05, 4.69) is 15.9 Å². The van der Waals surface area contributed by atoms with Gasteiger partial charge in [-0.2, -0.15) is 0 Å². The van der Waals surface area contributed by atoms with Gasteiger partial charge in [-0.25, -0.2) is 4.39 Å². The summed E-state index contributed by atoms with van der Waals surface area (Å²) in [6.45, 7) is 0.308. The minimum absolute atomic E-state index is 0.290. The first-order valence-corrected chi connectivity index (χ1v) is 6.82. The van der Waals surface area contributed by atoms with Crippen molar-refractivity contribution < 1.29 is 14.1 Å². The van der Waals surface area contributed by atoms with Crippen LogP contribution in [0.5, 0.6) is 5.75 Å². The molecule has 0 radical (unpaired) electrons. The van der Waals surface area contributed by atoms with Crippen molar-refractivity contribution in [1.29, 1.82) is 0 Å². The van der Waals surface area contributed by atoms with Gasteiger partial charge in [-0.05, 0) is 51.3 Å². The molecule has 0 aliphatic heterocycles. The molecular weight excluding hydrogens is 341 g/mol. The molecule has 0 aliphatic rings. The summed E-state index contributed by atoms with van der Waals surface area (Å²) >= 11 is 3.35. The molecule has 0 fully saturated rings. The number of halogens is 2. The van der Waals surface area contributed by atoms with Crippen molar-refractivity contribution in [2.75, 3.05) is 0 Å². The second-order valence-corrected chi connectivity index (χ2v) is 5.06. The molecule has 0 aromatic heterocycles. The van der Waals surface area contributed by atoms with E-state index in [0.717, 1.165) is 11.8 Å². The van der Waals surface area contributed by atoms with Crippen molar-refractivity contribution in [3.63, 3.8) is 0 Å². The average Bonchev–Trinajstić information content (AvgIpc) is 2.46. The highest BCUT2D eigenvalue weighted by atomic mass is 79.9. The van der Waals surface area contributed by atoms with Gasteiger partial charge in [0.25, 0.3) is 0 Å². The number of nitrogens with zero attached hydrogens (tertiary/aromatic N) is 1. The van der Waals surface area contributed by atoms with Crippen molar-refractivity contribution in [1.82, 2.24) is 0 Å². The molecule has 2 aromatic carbocycles. The Labute approximate surface area is 129 Å². The molecular formula is C15H11BrFNO3. The Balaban J connectivity index is 2.04. The lowest BCUT2D eigenvalue weighted by Gasteiger charge is -2.08. The predicted octanol–water partition coefficient (Wildman–Crippen LogP) is 4.41. The summed E-state index contributed by atoms with van der Waals surface area (Å²) in [4.78, 5) is 9.74. The molecule has 2 aromatic rings. The first-order chi connectivity index (χ1) is 10.0.